The summed E-state index contributed by atoms with van der Waals surface area (Å²) in [6, 6.07) is 3.40. The predicted molar refractivity (Wildman–Crippen MR) is 56.2 cm³/mol. The van der Waals surface area contributed by atoms with E-state index in [9.17, 15) is 4.79 Å². The molecule has 0 aliphatic carbocycles. The highest BCUT2D eigenvalue weighted by molar-refractivity contribution is 9.11. The van der Waals surface area contributed by atoms with Crippen molar-refractivity contribution in [2.75, 3.05) is 7.11 Å². The Morgan fingerprint density at radius 1 is 1.38 bits per heavy atom. The highest BCUT2D eigenvalue weighted by Crippen LogP contribution is 2.35. The monoisotopic (exact) mass is 305 g/mol. The number of isocyanates is 1. The van der Waals surface area contributed by atoms with Gasteiger partial charge in [-0.1, -0.05) is 0 Å². The lowest BCUT2D eigenvalue weighted by Gasteiger charge is -2.04. The van der Waals surface area contributed by atoms with Crippen molar-refractivity contribution < 1.29 is 9.53 Å². The van der Waals surface area contributed by atoms with Crippen molar-refractivity contribution in [2.24, 2.45) is 4.99 Å². The van der Waals surface area contributed by atoms with E-state index in [0.717, 1.165) is 4.47 Å². The van der Waals surface area contributed by atoms with E-state index in [1.807, 2.05) is 0 Å². The Kier molecular flexibility index (Phi) is 3.66. The number of methoxy groups -OCH3 is 1. The first-order valence-corrected chi connectivity index (χ1v) is 4.88. The average Bonchev–Trinajstić information content (AvgIpc) is 2.10. The summed E-state index contributed by atoms with van der Waals surface area (Å²) >= 11 is 6.55. The van der Waals surface area contributed by atoms with Crippen LogP contribution in [0.2, 0.25) is 0 Å². The second kappa shape index (κ2) is 4.56. The molecule has 0 atom stereocenters. The van der Waals surface area contributed by atoms with E-state index in [2.05, 4.69) is 36.9 Å². The van der Waals surface area contributed by atoms with E-state index < -0.39 is 0 Å². The lowest BCUT2D eigenvalue weighted by atomic mass is 10.3. The fourth-order valence-corrected chi connectivity index (χ4v) is 2.05. The van der Waals surface area contributed by atoms with Crippen molar-refractivity contribution in [3.8, 4) is 5.75 Å². The van der Waals surface area contributed by atoms with Gasteiger partial charge in [0.05, 0.1) is 17.3 Å². The summed E-state index contributed by atoms with van der Waals surface area (Å²) < 4.78 is 6.54. The highest BCUT2D eigenvalue weighted by atomic mass is 79.9. The van der Waals surface area contributed by atoms with Crippen molar-refractivity contribution in [1.82, 2.24) is 0 Å². The highest BCUT2D eigenvalue weighted by Gasteiger charge is 2.05. The van der Waals surface area contributed by atoms with E-state index in [-0.39, 0.29) is 0 Å². The topological polar surface area (TPSA) is 38.7 Å². The van der Waals surface area contributed by atoms with Crippen LogP contribution in [0.15, 0.2) is 26.1 Å². The molecule has 1 aromatic carbocycles. The normalized spacial score (nSPS) is 9.15. The third-order valence-corrected chi connectivity index (χ3v) is 2.64. The maximum absolute atomic E-state index is 10.0. The number of aliphatic imine (C=N–C) groups is 1. The van der Waals surface area contributed by atoms with Gasteiger partial charge in [0.25, 0.3) is 0 Å². The van der Waals surface area contributed by atoms with Crippen molar-refractivity contribution in [3.05, 3.63) is 21.1 Å². The Balaban J connectivity index is 3.29. The number of carbonyl (C=O) groups excluding carboxylic acids is 1. The molecule has 0 spiro atoms. The number of benzene rings is 1. The Hall–Kier alpha value is -0.640. The van der Waals surface area contributed by atoms with E-state index >= 15 is 0 Å². The first kappa shape index (κ1) is 10.4. The van der Waals surface area contributed by atoms with Crippen LogP contribution in [0.4, 0.5) is 5.69 Å². The van der Waals surface area contributed by atoms with Crippen LogP contribution >= 0.6 is 31.9 Å². The molecular formula is C8H5Br2NO2. The molecule has 5 heteroatoms. The molecule has 13 heavy (non-hydrogen) atoms. The first-order valence-electron chi connectivity index (χ1n) is 3.30. The first-order chi connectivity index (χ1) is 6.19. The summed E-state index contributed by atoms with van der Waals surface area (Å²) in [5, 5.41) is 0. The van der Waals surface area contributed by atoms with Gasteiger partial charge in [0.2, 0.25) is 6.08 Å². The fraction of sp³-hybridized carbons (Fsp3) is 0.125. The zero-order valence-electron chi connectivity index (χ0n) is 6.67. The Bertz CT molecular complexity index is 373. The number of rotatable bonds is 2. The average molecular weight is 307 g/mol. The minimum absolute atomic E-state index is 0.495. The molecule has 0 amide bonds. The quantitative estimate of drug-likeness (QED) is 0.622. The SMILES string of the molecule is COc1cc(N=C=O)c(Br)cc1Br. The number of hydrogen-bond acceptors (Lipinski definition) is 3. The Morgan fingerprint density at radius 3 is 2.62 bits per heavy atom. The summed E-state index contributed by atoms with van der Waals surface area (Å²) in [5.41, 5.74) is 0.495. The summed E-state index contributed by atoms with van der Waals surface area (Å²) in [7, 11) is 1.54. The maximum Gasteiger partial charge on any atom is 0.240 e. The number of halogens is 2. The molecule has 0 heterocycles. The van der Waals surface area contributed by atoms with Gasteiger partial charge in [-0.15, -0.1) is 0 Å². The number of ether oxygens (including phenoxy) is 1. The molecule has 1 rings (SSSR count). The maximum atomic E-state index is 10.0. The molecule has 0 radical (unpaired) electrons. The summed E-state index contributed by atoms with van der Waals surface area (Å²) in [6.07, 6.45) is 1.47. The molecule has 0 aliphatic rings. The second-order valence-electron chi connectivity index (χ2n) is 2.14. The lowest BCUT2D eigenvalue weighted by molar-refractivity contribution is 0.412. The van der Waals surface area contributed by atoms with Crippen LogP contribution in [-0.4, -0.2) is 13.2 Å². The minimum Gasteiger partial charge on any atom is -0.495 e. The van der Waals surface area contributed by atoms with Crippen LogP contribution in [0.25, 0.3) is 0 Å². The summed E-state index contributed by atoms with van der Waals surface area (Å²) in [5.74, 6) is 0.622. The van der Waals surface area contributed by atoms with Crippen LogP contribution in [0.5, 0.6) is 5.75 Å². The molecule has 0 bridgehead atoms. The molecule has 0 fully saturated rings. The van der Waals surface area contributed by atoms with Crippen LogP contribution in [0.3, 0.4) is 0 Å². The molecule has 3 nitrogen and oxygen atoms in total. The van der Waals surface area contributed by atoms with Crippen molar-refractivity contribution in [3.63, 3.8) is 0 Å². The van der Waals surface area contributed by atoms with Gasteiger partial charge in [-0.2, -0.15) is 4.99 Å². The summed E-state index contributed by atoms with van der Waals surface area (Å²) in [6.45, 7) is 0. The zero-order valence-corrected chi connectivity index (χ0v) is 9.85. The molecule has 0 aromatic heterocycles. The Labute approximate surface area is 92.1 Å². The van der Waals surface area contributed by atoms with Gasteiger partial charge in [0.15, 0.2) is 0 Å². The van der Waals surface area contributed by atoms with Gasteiger partial charge in [-0.3, -0.25) is 0 Å². The molecule has 0 unspecified atom stereocenters. The van der Waals surface area contributed by atoms with Crippen LogP contribution in [0, 0.1) is 0 Å². The largest absolute Gasteiger partial charge is 0.495 e. The minimum atomic E-state index is 0.495. The third kappa shape index (κ3) is 2.40. The lowest BCUT2D eigenvalue weighted by Crippen LogP contribution is -1.84. The molecule has 0 saturated heterocycles. The van der Waals surface area contributed by atoms with E-state index in [1.165, 1.54) is 6.08 Å². The van der Waals surface area contributed by atoms with Gasteiger partial charge >= 0.3 is 0 Å². The molecule has 0 N–H and O–H groups in total. The molecule has 0 saturated carbocycles. The molecule has 68 valence electrons. The molecule has 1 aromatic rings. The van der Waals surface area contributed by atoms with Crippen LogP contribution < -0.4 is 4.74 Å². The fourth-order valence-electron chi connectivity index (χ4n) is 0.810. The number of nitrogens with zero attached hydrogens (tertiary/aromatic N) is 1. The van der Waals surface area contributed by atoms with E-state index in [1.54, 1.807) is 19.2 Å². The van der Waals surface area contributed by atoms with Gasteiger partial charge < -0.3 is 4.74 Å². The smallest absolute Gasteiger partial charge is 0.240 e. The second-order valence-corrected chi connectivity index (χ2v) is 3.85. The van der Waals surface area contributed by atoms with Crippen LogP contribution in [0.1, 0.15) is 0 Å². The number of hydrogen-bond donors (Lipinski definition) is 0. The van der Waals surface area contributed by atoms with E-state index in [0.29, 0.717) is 15.9 Å². The predicted octanol–water partition coefficient (Wildman–Crippen LogP) is 3.19. The molecular weight excluding hydrogens is 302 g/mol. The van der Waals surface area contributed by atoms with Crippen molar-refractivity contribution in [1.29, 1.82) is 0 Å². The Morgan fingerprint density at radius 2 is 2.08 bits per heavy atom. The standard InChI is InChI=1S/C8H5Br2NO2/c1-13-8-3-7(11-4-12)5(9)2-6(8)10/h2-3H,1H3. The van der Waals surface area contributed by atoms with Gasteiger partial charge in [-0.05, 0) is 37.9 Å². The molecule has 0 aliphatic heterocycles. The van der Waals surface area contributed by atoms with Crippen LogP contribution in [-0.2, 0) is 4.79 Å². The van der Waals surface area contributed by atoms with E-state index in [4.69, 9.17) is 4.74 Å². The van der Waals surface area contributed by atoms with Crippen molar-refractivity contribution >= 4 is 43.6 Å². The van der Waals surface area contributed by atoms with Gasteiger partial charge in [0, 0.05) is 10.5 Å². The summed E-state index contributed by atoms with van der Waals surface area (Å²) in [4.78, 5) is 13.5. The third-order valence-electron chi connectivity index (χ3n) is 1.39. The van der Waals surface area contributed by atoms with Crippen molar-refractivity contribution in [2.45, 2.75) is 0 Å². The van der Waals surface area contributed by atoms with Gasteiger partial charge in [-0.25, -0.2) is 4.79 Å². The van der Waals surface area contributed by atoms with Gasteiger partial charge in [0.1, 0.15) is 5.75 Å². The zero-order chi connectivity index (χ0) is 9.84.